The summed E-state index contributed by atoms with van der Waals surface area (Å²) < 4.78 is 65.5. The zero-order chi connectivity index (χ0) is 30.9. The van der Waals surface area contributed by atoms with Crippen molar-refractivity contribution in [2.45, 2.75) is 49.6 Å². The predicted octanol–water partition coefficient (Wildman–Crippen LogP) is 5.05. The van der Waals surface area contributed by atoms with Crippen LogP contribution in [0.2, 0.25) is 0 Å². The second-order valence-corrected chi connectivity index (χ2v) is 14.1. The Balaban J connectivity index is 0.00000442. The number of sulfonamides is 1. The van der Waals surface area contributed by atoms with Gasteiger partial charge in [0.05, 0.1) is 4.90 Å². The maximum Gasteiger partial charge on any atom is 0.345 e. The number of aliphatic carboxylic acids is 1. The van der Waals surface area contributed by atoms with Gasteiger partial charge in [-0.15, -0.1) is 12.4 Å². The summed E-state index contributed by atoms with van der Waals surface area (Å²) in [5, 5.41) is 13.1. The smallest absolute Gasteiger partial charge is 0.345 e. The van der Waals surface area contributed by atoms with E-state index in [2.05, 4.69) is 26.1 Å². The summed E-state index contributed by atoms with van der Waals surface area (Å²) in [4.78, 5) is 11.5. The second-order valence-electron chi connectivity index (χ2n) is 12.2. The van der Waals surface area contributed by atoms with Crippen LogP contribution in [-0.4, -0.2) is 62.2 Å². The number of piperidine rings is 1. The quantitative estimate of drug-likeness (QED) is 0.265. The lowest BCUT2D eigenvalue weighted by Crippen LogP contribution is -2.36. The fraction of sp³-hybridized carbons (Fsp3) is 0.406. The van der Waals surface area contributed by atoms with Crippen molar-refractivity contribution >= 4 is 28.4 Å². The van der Waals surface area contributed by atoms with E-state index in [9.17, 15) is 27.1 Å². The van der Waals surface area contributed by atoms with E-state index in [0.717, 1.165) is 23.3 Å². The number of fused-ring (bicyclic) bond motifs is 1. The van der Waals surface area contributed by atoms with E-state index < -0.39 is 33.7 Å². The summed E-state index contributed by atoms with van der Waals surface area (Å²) in [6.45, 7) is 7.88. The molecule has 3 aromatic rings. The molecule has 4 atom stereocenters. The number of hydrogen-bond acceptors (Lipinski definition) is 6. The molecule has 8 nitrogen and oxygen atoms in total. The van der Waals surface area contributed by atoms with Gasteiger partial charge in [-0.2, -0.15) is 4.31 Å². The molecule has 1 heterocycles. The van der Waals surface area contributed by atoms with Crippen LogP contribution in [0.25, 0.3) is 0 Å². The molecular formula is C32H37ClF2N2O6S. The molecule has 2 unspecified atom stereocenters. The van der Waals surface area contributed by atoms with E-state index in [1.807, 2.05) is 24.3 Å². The van der Waals surface area contributed by atoms with Gasteiger partial charge in [0.25, 0.3) is 0 Å². The molecule has 0 aromatic heterocycles. The molecule has 2 N–H and O–H groups in total. The van der Waals surface area contributed by atoms with Crippen LogP contribution >= 0.6 is 12.4 Å². The largest absolute Gasteiger partial charge is 0.492 e. The monoisotopic (exact) mass is 650 g/mol. The molecule has 44 heavy (non-hydrogen) atoms. The van der Waals surface area contributed by atoms with Crippen LogP contribution in [0.1, 0.15) is 31.9 Å². The Bertz CT molecular complexity index is 1530. The van der Waals surface area contributed by atoms with Crippen molar-refractivity contribution in [2.75, 3.05) is 26.2 Å². The van der Waals surface area contributed by atoms with E-state index in [-0.39, 0.29) is 47.0 Å². The van der Waals surface area contributed by atoms with Crippen molar-refractivity contribution in [2.24, 2.45) is 11.8 Å². The molecule has 1 aliphatic carbocycles. The minimum atomic E-state index is -3.95. The van der Waals surface area contributed by atoms with Crippen molar-refractivity contribution in [3.8, 4) is 11.5 Å². The van der Waals surface area contributed by atoms with E-state index in [0.29, 0.717) is 43.8 Å². The summed E-state index contributed by atoms with van der Waals surface area (Å²) in [5.74, 6) is -1.45. The number of nitrogens with one attached hydrogen (secondary N) is 1. The molecule has 5 rings (SSSR count). The number of ether oxygens (including phenoxy) is 2. The van der Waals surface area contributed by atoms with Gasteiger partial charge in [-0.25, -0.2) is 22.0 Å². The number of carboxylic acids is 1. The number of carboxylic acid groups (broad SMARTS) is 1. The number of benzene rings is 3. The van der Waals surface area contributed by atoms with Gasteiger partial charge in [-0.3, -0.25) is 0 Å². The molecule has 0 bridgehead atoms. The Morgan fingerprint density at radius 1 is 0.977 bits per heavy atom. The first-order valence-corrected chi connectivity index (χ1v) is 15.7. The number of nitrogens with zero attached hydrogens (tertiary/aromatic N) is 1. The SMILES string of the molecule is CC(C)(C)c1ccc(O[C@@H](Cc2ccc(OCCNC3C4CN(S(=O)(=O)c5cc(F)cc(F)c5)C[C@@H]43)cc2)C(=O)O)cc1.Cl. The zero-order valence-corrected chi connectivity index (χ0v) is 26.3. The number of rotatable bonds is 12. The summed E-state index contributed by atoms with van der Waals surface area (Å²) >= 11 is 0. The van der Waals surface area contributed by atoms with Crippen LogP contribution in [0.4, 0.5) is 8.78 Å². The molecule has 238 valence electrons. The Morgan fingerprint density at radius 3 is 2.09 bits per heavy atom. The third kappa shape index (κ3) is 7.87. The van der Waals surface area contributed by atoms with Gasteiger partial charge in [0.1, 0.15) is 29.7 Å². The Kier molecular flexibility index (Phi) is 10.2. The minimum Gasteiger partial charge on any atom is -0.492 e. The fourth-order valence-electron chi connectivity index (χ4n) is 5.52. The first-order chi connectivity index (χ1) is 20.3. The van der Waals surface area contributed by atoms with Gasteiger partial charge in [-0.1, -0.05) is 45.0 Å². The van der Waals surface area contributed by atoms with Crippen LogP contribution in [-0.2, 0) is 26.7 Å². The standard InChI is InChI=1S/C32H36F2N2O6S.ClH/c1-32(2,3)21-6-10-25(11-7-21)42-29(31(37)38)14-20-4-8-24(9-5-20)41-13-12-35-30-27-18-36(19-28(27)30)43(39,40)26-16-22(33)15-23(34)17-26;/h4-11,15-17,27-30,35H,12-14,18-19H2,1-3H3,(H,37,38);1H/t27-,28?,29-,30?;/m0./s1. The van der Waals surface area contributed by atoms with Crippen molar-refractivity contribution in [1.82, 2.24) is 9.62 Å². The highest BCUT2D eigenvalue weighted by atomic mass is 35.5. The van der Waals surface area contributed by atoms with Gasteiger partial charge in [0.2, 0.25) is 10.0 Å². The second kappa shape index (κ2) is 13.4. The lowest BCUT2D eigenvalue weighted by atomic mass is 9.87. The minimum absolute atomic E-state index is 0. The van der Waals surface area contributed by atoms with Gasteiger partial charge >= 0.3 is 5.97 Å². The molecule has 2 aliphatic rings. The van der Waals surface area contributed by atoms with Crippen LogP contribution in [0, 0.1) is 23.5 Å². The van der Waals surface area contributed by atoms with Gasteiger partial charge < -0.3 is 19.9 Å². The first kappa shape index (κ1) is 33.6. The Morgan fingerprint density at radius 2 is 1.55 bits per heavy atom. The van der Waals surface area contributed by atoms with E-state index >= 15 is 0 Å². The molecule has 1 aliphatic heterocycles. The van der Waals surface area contributed by atoms with Crippen molar-refractivity contribution in [1.29, 1.82) is 0 Å². The Hall–Kier alpha value is -3.25. The van der Waals surface area contributed by atoms with Crippen LogP contribution < -0.4 is 14.8 Å². The van der Waals surface area contributed by atoms with Gasteiger partial charge in [0, 0.05) is 38.2 Å². The molecule has 3 aromatic carbocycles. The number of halogens is 3. The first-order valence-electron chi connectivity index (χ1n) is 14.2. The normalized spacial score (nSPS) is 20.3. The summed E-state index contributed by atoms with van der Waals surface area (Å²) in [7, 11) is -3.95. The highest BCUT2D eigenvalue weighted by Crippen LogP contribution is 2.47. The molecule has 0 amide bonds. The topological polar surface area (TPSA) is 105 Å². The Labute approximate surface area is 262 Å². The summed E-state index contributed by atoms with van der Waals surface area (Å²) in [6, 6.07) is 17.2. The van der Waals surface area contributed by atoms with Crippen LogP contribution in [0.3, 0.4) is 0 Å². The highest BCUT2D eigenvalue weighted by Gasteiger charge is 2.57. The fourth-order valence-corrected chi connectivity index (χ4v) is 7.08. The lowest BCUT2D eigenvalue weighted by molar-refractivity contribution is -0.145. The molecule has 0 spiro atoms. The molecule has 0 radical (unpaired) electrons. The summed E-state index contributed by atoms with van der Waals surface area (Å²) in [6.07, 6.45) is -0.834. The highest BCUT2D eigenvalue weighted by molar-refractivity contribution is 7.89. The molecule has 2 fully saturated rings. The zero-order valence-electron chi connectivity index (χ0n) is 24.7. The lowest BCUT2D eigenvalue weighted by Gasteiger charge is -2.20. The van der Waals surface area contributed by atoms with Crippen LogP contribution in [0.5, 0.6) is 11.5 Å². The van der Waals surface area contributed by atoms with Crippen LogP contribution in [0.15, 0.2) is 71.6 Å². The molecule has 1 saturated carbocycles. The third-order valence-corrected chi connectivity index (χ3v) is 9.81. The average molecular weight is 651 g/mol. The van der Waals surface area contributed by atoms with Gasteiger partial charge in [0.15, 0.2) is 6.10 Å². The van der Waals surface area contributed by atoms with E-state index in [1.165, 1.54) is 4.31 Å². The van der Waals surface area contributed by atoms with E-state index in [4.69, 9.17) is 9.47 Å². The average Bonchev–Trinajstić information content (AvgIpc) is 3.37. The molecule has 1 saturated heterocycles. The maximum atomic E-state index is 13.5. The number of carbonyl (C=O) groups is 1. The predicted molar refractivity (Wildman–Crippen MR) is 164 cm³/mol. The molecule has 12 heteroatoms. The maximum absolute atomic E-state index is 13.5. The van der Waals surface area contributed by atoms with Crippen molar-refractivity contribution < 1.29 is 36.6 Å². The summed E-state index contributed by atoms with van der Waals surface area (Å²) in [5.41, 5.74) is 1.93. The van der Waals surface area contributed by atoms with E-state index in [1.54, 1.807) is 24.3 Å². The van der Waals surface area contributed by atoms with Crippen molar-refractivity contribution in [3.63, 3.8) is 0 Å². The van der Waals surface area contributed by atoms with Gasteiger partial charge in [-0.05, 0) is 64.8 Å². The van der Waals surface area contributed by atoms with Crippen molar-refractivity contribution in [3.05, 3.63) is 89.5 Å². The molecular weight excluding hydrogens is 614 g/mol. The number of hydrogen-bond donors (Lipinski definition) is 2. The third-order valence-electron chi connectivity index (χ3n) is 8.00.